The fourth-order valence-electron chi connectivity index (χ4n) is 3.99. The quantitative estimate of drug-likeness (QED) is 0.270. The molecule has 0 atom stereocenters. The third kappa shape index (κ3) is 3.78. The van der Waals surface area contributed by atoms with Crippen LogP contribution in [0.5, 0.6) is 0 Å². The first-order valence-corrected chi connectivity index (χ1v) is 9.73. The van der Waals surface area contributed by atoms with E-state index in [9.17, 15) is 19.7 Å². The van der Waals surface area contributed by atoms with Gasteiger partial charge in [-0.05, 0) is 24.5 Å². The second-order valence-corrected chi connectivity index (χ2v) is 7.31. The predicted octanol–water partition coefficient (Wildman–Crippen LogP) is 4.47. The number of carbonyl (C=O) groups excluding carboxylic acids is 2. The molecule has 3 amide bonds. The first kappa shape index (κ1) is 18.9. The van der Waals surface area contributed by atoms with E-state index >= 15 is 0 Å². The van der Waals surface area contributed by atoms with Crippen molar-refractivity contribution in [3.05, 3.63) is 58.2 Å². The molecule has 29 heavy (non-hydrogen) atoms. The number of nitrogens with zero attached hydrogens (tertiary/aromatic N) is 2. The summed E-state index contributed by atoms with van der Waals surface area (Å²) in [5.41, 5.74) is 1.32. The molecular formula is C21H21N3O5. The number of hydrogen-bond acceptors (Lipinski definition) is 5. The Morgan fingerprint density at radius 2 is 1.90 bits per heavy atom. The fourth-order valence-corrected chi connectivity index (χ4v) is 3.99. The Morgan fingerprint density at radius 3 is 2.62 bits per heavy atom. The van der Waals surface area contributed by atoms with Gasteiger partial charge in [0, 0.05) is 29.8 Å². The first-order chi connectivity index (χ1) is 14.0. The molecule has 1 saturated heterocycles. The summed E-state index contributed by atoms with van der Waals surface area (Å²) in [7, 11) is 0. The monoisotopic (exact) mass is 395 g/mol. The van der Waals surface area contributed by atoms with Gasteiger partial charge >= 0.3 is 6.03 Å². The van der Waals surface area contributed by atoms with Gasteiger partial charge in [-0.3, -0.25) is 19.8 Å². The molecule has 0 radical (unpaired) electrons. The number of furan rings is 1. The molecule has 0 spiro atoms. The van der Waals surface area contributed by atoms with Crippen LogP contribution in [0.3, 0.4) is 0 Å². The lowest BCUT2D eigenvalue weighted by atomic mass is 10.0. The summed E-state index contributed by atoms with van der Waals surface area (Å²) in [4.78, 5) is 37.3. The number of amides is 3. The number of rotatable bonds is 4. The maximum absolute atomic E-state index is 12.9. The van der Waals surface area contributed by atoms with Gasteiger partial charge < -0.3 is 9.73 Å². The highest BCUT2D eigenvalue weighted by molar-refractivity contribution is 6.14. The van der Waals surface area contributed by atoms with E-state index in [1.165, 1.54) is 29.4 Å². The van der Waals surface area contributed by atoms with Crippen molar-refractivity contribution in [3.8, 4) is 11.1 Å². The molecule has 150 valence electrons. The van der Waals surface area contributed by atoms with Crippen LogP contribution in [0, 0.1) is 10.1 Å². The van der Waals surface area contributed by atoms with Gasteiger partial charge in [0.15, 0.2) is 0 Å². The third-order valence-corrected chi connectivity index (χ3v) is 5.44. The minimum Gasteiger partial charge on any atom is -0.464 e. The lowest BCUT2D eigenvalue weighted by molar-refractivity contribution is -0.384. The molecule has 2 aliphatic rings. The van der Waals surface area contributed by atoms with Gasteiger partial charge in [0.1, 0.15) is 11.5 Å². The summed E-state index contributed by atoms with van der Waals surface area (Å²) in [5, 5.41) is 13.7. The summed E-state index contributed by atoms with van der Waals surface area (Å²) >= 11 is 0. The molecule has 2 fully saturated rings. The van der Waals surface area contributed by atoms with Crippen molar-refractivity contribution in [2.75, 3.05) is 0 Å². The molecule has 4 rings (SSSR count). The van der Waals surface area contributed by atoms with Gasteiger partial charge in [0.05, 0.1) is 11.2 Å². The summed E-state index contributed by atoms with van der Waals surface area (Å²) < 4.78 is 5.50. The number of imide groups is 1. The molecule has 0 unspecified atom stereocenters. The van der Waals surface area contributed by atoms with Crippen molar-refractivity contribution in [2.24, 2.45) is 0 Å². The molecule has 2 heterocycles. The van der Waals surface area contributed by atoms with Gasteiger partial charge in [-0.1, -0.05) is 37.8 Å². The van der Waals surface area contributed by atoms with Crippen LogP contribution in [0.2, 0.25) is 0 Å². The van der Waals surface area contributed by atoms with Crippen molar-refractivity contribution >= 4 is 23.7 Å². The largest absolute Gasteiger partial charge is 0.464 e. The highest BCUT2D eigenvalue weighted by Gasteiger charge is 2.38. The van der Waals surface area contributed by atoms with Crippen molar-refractivity contribution < 1.29 is 18.9 Å². The fraction of sp³-hybridized carbons (Fsp3) is 0.333. The lowest BCUT2D eigenvalue weighted by Gasteiger charge is -2.23. The van der Waals surface area contributed by atoms with Crippen molar-refractivity contribution in [1.82, 2.24) is 10.2 Å². The van der Waals surface area contributed by atoms with Crippen LogP contribution in [-0.2, 0) is 4.79 Å². The average molecular weight is 395 g/mol. The van der Waals surface area contributed by atoms with Crippen LogP contribution >= 0.6 is 0 Å². The number of hydrogen-bond donors (Lipinski definition) is 1. The van der Waals surface area contributed by atoms with Gasteiger partial charge in [-0.15, -0.1) is 0 Å². The van der Waals surface area contributed by atoms with Crippen LogP contribution in [0.15, 0.2) is 46.7 Å². The zero-order valence-electron chi connectivity index (χ0n) is 15.8. The molecule has 1 saturated carbocycles. The van der Waals surface area contributed by atoms with Crippen molar-refractivity contribution in [2.45, 2.75) is 44.6 Å². The van der Waals surface area contributed by atoms with E-state index in [1.807, 2.05) is 0 Å². The average Bonchev–Trinajstić information content (AvgIpc) is 3.16. The standard InChI is InChI=1S/C21H21N3O5/c25-20-18(22-21(26)23(20)15-7-3-1-2-4-8-15)13-19-17(10-11-29-19)14-6-5-9-16(12-14)24(27)28/h5-6,9-13,15H,1-4,7-8H2,(H,22,26)/b18-13-. The van der Waals surface area contributed by atoms with Crippen molar-refractivity contribution in [3.63, 3.8) is 0 Å². The summed E-state index contributed by atoms with van der Waals surface area (Å²) in [6, 6.07) is 7.36. The van der Waals surface area contributed by atoms with E-state index in [0.29, 0.717) is 16.9 Å². The molecule has 2 aromatic rings. The topological polar surface area (TPSA) is 106 Å². The third-order valence-electron chi connectivity index (χ3n) is 5.44. The maximum Gasteiger partial charge on any atom is 0.329 e. The molecular weight excluding hydrogens is 374 g/mol. The number of urea groups is 1. The second kappa shape index (κ2) is 7.90. The van der Waals surface area contributed by atoms with Crippen LogP contribution in [0.25, 0.3) is 17.2 Å². The van der Waals surface area contributed by atoms with E-state index in [0.717, 1.165) is 38.5 Å². The highest BCUT2D eigenvalue weighted by atomic mass is 16.6. The smallest absolute Gasteiger partial charge is 0.329 e. The Labute approximate surface area is 167 Å². The Hall–Kier alpha value is -3.42. The minimum absolute atomic E-state index is 0.0351. The summed E-state index contributed by atoms with van der Waals surface area (Å²) in [5.74, 6) is 0.000145. The number of nitro benzene ring substituents is 1. The molecule has 1 N–H and O–H groups in total. The van der Waals surface area contributed by atoms with Gasteiger partial charge in [-0.2, -0.15) is 0 Å². The number of nitro groups is 1. The number of non-ortho nitro benzene ring substituents is 1. The van der Waals surface area contributed by atoms with Crippen LogP contribution < -0.4 is 5.32 Å². The van der Waals surface area contributed by atoms with Gasteiger partial charge in [0.25, 0.3) is 11.6 Å². The molecule has 1 aliphatic heterocycles. The Balaban J connectivity index is 1.62. The van der Waals surface area contributed by atoms with E-state index in [2.05, 4.69) is 5.32 Å². The molecule has 0 bridgehead atoms. The van der Waals surface area contributed by atoms with Gasteiger partial charge in [0.2, 0.25) is 0 Å². The molecule has 1 aromatic carbocycles. The highest BCUT2D eigenvalue weighted by Crippen LogP contribution is 2.31. The molecule has 1 aromatic heterocycles. The van der Waals surface area contributed by atoms with Crippen LogP contribution in [0.1, 0.15) is 44.3 Å². The number of nitrogens with one attached hydrogen (secondary N) is 1. The van der Waals surface area contributed by atoms with E-state index in [-0.39, 0.29) is 23.3 Å². The van der Waals surface area contributed by atoms with Crippen LogP contribution in [-0.4, -0.2) is 27.8 Å². The minimum atomic E-state index is -0.465. The van der Waals surface area contributed by atoms with E-state index < -0.39 is 11.0 Å². The van der Waals surface area contributed by atoms with Crippen molar-refractivity contribution in [1.29, 1.82) is 0 Å². The van der Waals surface area contributed by atoms with Gasteiger partial charge in [-0.25, -0.2) is 4.79 Å². The maximum atomic E-state index is 12.9. The SMILES string of the molecule is O=C1N/C(=C\c2occc2-c2cccc([N+](=O)[O-])c2)C(=O)N1C1CCCCCC1. The van der Waals surface area contributed by atoms with E-state index in [1.54, 1.807) is 18.2 Å². The second-order valence-electron chi connectivity index (χ2n) is 7.31. The zero-order chi connectivity index (χ0) is 20.4. The van der Waals surface area contributed by atoms with E-state index in [4.69, 9.17) is 4.42 Å². The first-order valence-electron chi connectivity index (χ1n) is 9.73. The number of benzene rings is 1. The summed E-state index contributed by atoms with van der Waals surface area (Å²) in [6.45, 7) is 0. The van der Waals surface area contributed by atoms with Crippen LogP contribution in [0.4, 0.5) is 10.5 Å². The zero-order valence-corrected chi connectivity index (χ0v) is 15.8. The molecule has 8 nitrogen and oxygen atoms in total. The Kier molecular flexibility index (Phi) is 5.16. The molecule has 8 heteroatoms. The summed E-state index contributed by atoms with van der Waals surface area (Å²) in [6.07, 6.45) is 8.86. The lowest BCUT2D eigenvalue weighted by Crippen LogP contribution is -2.40. The molecule has 1 aliphatic carbocycles. The predicted molar refractivity (Wildman–Crippen MR) is 106 cm³/mol. The Morgan fingerprint density at radius 1 is 1.14 bits per heavy atom. The normalized spacial score (nSPS) is 19.4. The Bertz CT molecular complexity index is 986. The number of carbonyl (C=O) groups is 2.